The van der Waals surface area contributed by atoms with E-state index in [0.717, 1.165) is 26.2 Å². The first-order valence-corrected chi connectivity index (χ1v) is 7.90. The zero-order chi connectivity index (χ0) is 16.1. The first-order valence-electron chi connectivity index (χ1n) is 7.90. The van der Waals surface area contributed by atoms with Gasteiger partial charge in [0, 0.05) is 39.3 Å². The Bertz CT molecular complexity index is 514. The molecular formula is C16H25N3O3. The van der Waals surface area contributed by atoms with Crippen LogP contribution < -0.4 is 0 Å². The second-order valence-electron chi connectivity index (χ2n) is 5.52. The van der Waals surface area contributed by atoms with Gasteiger partial charge in [-0.3, -0.25) is 14.5 Å². The SMILES string of the molecule is CCN(CC)C(=O)CN1CCN(C(=O)c2ccoc2C)CC1. The lowest BCUT2D eigenvalue weighted by Crippen LogP contribution is -2.51. The average Bonchev–Trinajstić information content (AvgIpc) is 2.94. The largest absolute Gasteiger partial charge is 0.469 e. The molecule has 0 bridgehead atoms. The van der Waals surface area contributed by atoms with Crippen molar-refractivity contribution in [2.24, 2.45) is 0 Å². The lowest BCUT2D eigenvalue weighted by molar-refractivity contribution is -0.132. The zero-order valence-corrected chi connectivity index (χ0v) is 13.7. The number of furan rings is 1. The number of rotatable bonds is 5. The summed E-state index contributed by atoms with van der Waals surface area (Å²) >= 11 is 0. The molecule has 22 heavy (non-hydrogen) atoms. The van der Waals surface area contributed by atoms with Crippen LogP contribution in [0.4, 0.5) is 0 Å². The second-order valence-corrected chi connectivity index (χ2v) is 5.52. The molecule has 1 saturated heterocycles. The van der Waals surface area contributed by atoms with Crippen molar-refractivity contribution in [2.45, 2.75) is 20.8 Å². The third-order valence-corrected chi connectivity index (χ3v) is 4.22. The van der Waals surface area contributed by atoms with Crippen LogP contribution in [0.25, 0.3) is 0 Å². The fraction of sp³-hybridized carbons (Fsp3) is 0.625. The number of nitrogens with zero attached hydrogens (tertiary/aromatic N) is 3. The van der Waals surface area contributed by atoms with Crippen molar-refractivity contribution in [3.05, 3.63) is 23.7 Å². The molecule has 2 amide bonds. The molecule has 1 aromatic rings. The highest BCUT2D eigenvalue weighted by Crippen LogP contribution is 2.14. The van der Waals surface area contributed by atoms with Crippen LogP contribution >= 0.6 is 0 Å². The van der Waals surface area contributed by atoms with E-state index in [-0.39, 0.29) is 11.8 Å². The van der Waals surface area contributed by atoms with Gasteiger partial charge in [0.1, 0.15) is 5.76 Å². The maximum atomic E-state index is 12.4. The second kappa shape index (κ2) is 7.45. The van der Waals surface area contributed by atoms with Gasteiger partial charge >= 0.3 is 0 Å². The van der Waals surface area contributed by atoms with Gasteiger partial charge in [-0.2, -0.15) is 0 Å². The average molecular weight is 307 g/mol. The minimum atomic E-state index is 0.0148. The Kier molecular flexibility index (Phi) is 5.60. The topological polar surface area (TPSA) is 57.0 Å². The predicted octanol–water partition coefficient (Wildman–Crippen LogP) is 1.21. The third-order valence-electron chi connectivity index (χ3n) is 4.22. The maximum Gasteiger partial charge on any atom is 0.257 e. The van der Waals surface area contributed by atoms with Crippen LogP contribution in [0.15, 0.2) is 16.7 Å². The summed E-state index contributed by atoms with van der Waals surface area (Å²) in [5, 5.41) is 0. The number of amides is 2. The molecule has 6 nitrogen and oxygen atoms in total. The Morgan fingerprint density at radius 2 is 1.82 bits per heavy atom. The highest BCUT2D eigenvalue weighted by Gasteiger charge is 2.25. The molecule has 0 aliphatic carbocycles. The van der Waals surface area contributed by atoms with Gasteiger partial charge in [0.2, 0.25) is 5.91 Å². The Morgan fingerprint density at radius 1 is 1.18 bits per heavy atom. The van der Waals surface area contributed by atoms with Crippen molar-refractivity contribution in [1.82, 2.24) is 14.7 Å². The molecule has 0 saturated carbocycles. The summed E-state index contributed by atoms with van der Waals surface area (Å²) in [4.78, 5) is 30.3. The minimum absolute atomic E-state index is 0.0148. The Morgan fingerprint density at radius 3 is 2.32 bits per heavy atom. The fourth-order valence-corrected chi connectivity index (χ4v) is 2.75. The fourth-order valence-electron chi connectivity index (χ4n) is 2.75. The van der Waals surface area contributed by atoms with Crippen molar-refractivity contribution in [2.75, 3.05) is 45.8 Å². The molecule has 0 atom stereocenters. The third kappa shape index (κ3) is 3.68. The number of piperazine rings is 1. The van der Waals surface area contributed by atoms with Crippen molar-refractivity contribution < 1.29 is 14.0 Å². The molecule has 0 spiro atoms. The molecule has 6 heteroatoms. The van der Waals surface area contributed by atoms with E-state index in [9.17, 15) is 9.59 Å². The maximum absolute atomic E-state index is 12.4. The normalized spacial score (nSPS) is 15.9. The summed E-state index contributed by atoms with van der Waals surface area (Å²) in [7, 11) is 0. The Balaban J connectivity index is 1.84. The zero-order valence-electron chi connectivity index (χ0n) is 13.7. The molecule has 1 aromatic heterocycles. The summed E-state index contributed by atoms with van der Waals surface area (Å²) in [6.45, 7) is 10.5. The molecular weight excluding hydrogens is 282 g/mol. The molecule has 2 heterocycles. The smallest absolute Gasteiger partial charge is 0.257 e. The molecule has 0 unspecified atom stereocenters. The van der Waals surface area contributed by atoms with Gasteiger partial charge in [0.15, 0.2) is 0 Å². The number of carbonyl (C=O) groups is 2. The Labute approximate surface area is 131 Å². The molecule has 0 N–H and O–H groups in total. The van der Waals surface area contributed by atoms with E-state index in [1.54, 1.807) is 19.3 Å². The van der Waals surface area contributed by atoms with Crippen LogP contribution in [0.5, 0.6) is 0 Å². The van der Waals surface area contributed by atoms with Gasteiger partial charge in [-0.15, -0.1) is 0 Å². The van der Waals surface area contributed by atoms with Gasteiger partial charge in [-0.1, -0.05) is 0 Å². The Hall–Kier alpha value is -1.82. The molecule has 122 valence electrons. The summed E-state index contributed by atoms with van der Waals surface area (Å²) in [6.07, 6.45) is 1.54. The van der Waals surface area contributed by atoms with Gasteiger partial charge in [0.25, 0.3) is 5.91 Å². The lowest BCUT2D eigenvalue weighted by Gasteiger charge is -2.35. The van der Waals surface area contributed by atoms with Gasteiger partial charge in [-0.25, -0.2) is 0 Å². The van der Waals surface area contributed by atoms with E-state index in [2.05, 4.69) is 4.90 Å². The van der Waals surface area contributed by atoms with Crippen LogP contribution in [0, 0.1) is 6.92 Å². The minimum Gasteiger partial charge on any atom is -0.469 e. The monoisotopic (exact) mass is 307 g/mol. The van der Waals surface area contributed by atoms with Crippen molar-refractivity contribution in [1.29, 1.82) is 0 Å². The number of hydrogen-bond acceptors (Lipinski definition) is 4. The predicted molar refractivity (Wildman–Crippen MR) is 83.7 cm³/mol. The number of hydrogen-bond donors (Lipinski definition) is 0. The van der Waals surface area contributed by atoms with Crippen molar-refractivity contribution in [3.63, 3.8) is 0 Å². The van der Waals surface area contributed by atoms with Gasteiger partial charge in [0.05, 0.1) is 18.4 Å². The van der Waals surface area contributed by atoms with Crippen LogP contribution in [0.2, 0.25) is 0 Å². The van der Waals surface area contributed by atoms with E-state index in [0.29, 0.717) is 31.0 Å². The highest BCUT2D eigenvalue weighted by atomic mass is 16.3. The lowest BCUT2D eigenvalue weighted by atomic mass is 10.2. The first kappa shape index (κ1) is 16.5. The first-order chi connectivity index (χ1) is 10.6. The van der Waals surface area contributed by atoms with Crippen LogP contribution in [0.1, 0.15) is 30.0 Å². The van der Waals surface area contributed by atoms with E-state index in [1.165, 1.54) is 0 Å². The molecule has 1 aliphatic rings. The van der Waals surface area contributed by atoms with Crippen molar-refractivity contribution >= 4 is 11.8 Å². The molecule has 1 aliphatic heterocycles. The summed E-state index contributed by atoms with van der Waals surface area (Å²) in [6, 6.07) is 1.72. The van der Waals surface area contributed by atoms with Crippen molar-refractivity contribution in [3.8, 4) is 0 Å². The van der Waals surface area contributed by atoms with Gasteiger partial charge < -0.3 is 14.2 Å². The number of carbonyl (C=O) groups excluding carboxylic acids is 2. The quantitative estimate of drug-likeness (QED) is 0.820. The summed E-state index contributed by atoms with van der Waals surface area (Å²) < 4.78 is 5.19. The van der Waals surface area contributed by atoms with Crippen LogP contribution in [-0.2, 0) is 4.79 Å². The van der Waals surface area contributed by atoms with E-state index < -0.39 is 0 Å². The highest BCUT2D eigenvalue weighted by molar-refractivity contribution is 5.95. The summed E-state index contributed by atoms with van der Waals surface area (Å²) in [5.41, 5.74) is 0.632. The van der Waals surface area contributed by atoms with Gasteiger partial charge in [-0.05, 0) is 26.8 Å². The van der Waals surface area contributed by atoms with E-state index >= 15 is 0 Å². The summed E-state index contributed by atoms with van der Waals surface area (Å²) in [5.74, 6) is 0.834. The molecule has 0 radical (unpaired) electrons. The standard InChI is InChI=1S/C16H25N3O3/c1-4-18(5-2)15(20)12-17-7-9-19(10-8-17)16(21)14-6-11-22-13(14)3/h6,11H,4-5,7-10,12H2,1-3H3. The van der Waals surface area contributed by atoms with E-state index in [1.807, 2.05) is 23.6 Å². The van der Waals surface area contributed by atoms with E-state index in [4.69, 9.17) is 4.42 Å². The van der Waals surface area contributed by atoms with Crippen LogP contribution in [-0.4, -0.2) is 72.3 Å². The molecule has 2 rings (SSSR count). The van der Waals surface area contributed by atoms with Crippen LogP contribution in [0.3, 0.4) is 0 Å². The number of aryl methyl sites for hydroxylation is 1. The molecule has 1 fully saturated rings. The molecule has 0 aromatic carbocycles. The number of likely N-dealkylation sites (N-methyl/N-ethyl adjacent to an activating group) is 1.